The molecule has 1 atom stereocenters. The van der Waals surface area contributed by atoms with Crippen LogP contribution in [-0.4, -0.2) is 71.8 Å². The second-order valence-corrected chi connectivity index (χ2v) is 8.20. The molecular formula is C20H27Cl2N3O2. The molecule has 0 aromatic heterocycles. The molecular weight excluding hydrogens is 385 g/mol. The number of carbonyl (C=O) groups excluding carboxylic acids is 2. The first kappa shape index (κ1) is 20.4. The van der Waals surface area contributed by atoms with Crippen molar-refractivity contribution >= 4 is 35.0 Å². The van der Waals surface area contributed by atoms with Gasteiger partial charge in [0.25, 0.3) is 5.91 Å². The molecule has 0 aliphatic carbocycles. The van der Waals surface area contributed by atoms with Gasteiger partial charge in [-0.15, -0.1) is 0 Å². The van der Waals surface area contributed by atoms with Crippen LogP contribution >= 0.6 is 23.2 Å². The Morgan fingerprint density at radius 2 is 1.59 bits per heavy atom. The maximum Gasteiger partial charge on any atom is 0.254 e. The third-order valence-corrected chi connectivity index (χ3v) is 5.83. The van der Waals surface area contributed by atoms with Crippen LogP contribution in [0.5, 0.6) is 0 Å². The highest BCUT2D eigenvalue weighted by Crippen LogP contribution is 2.22. The van der Waals surface area contributed by atoms with Gasteiger partial charge in [-0.2, -0.15) is 0 Å². The van der Waals surface area contributed by atoms with Crippen LogP contribution in [-0.2, 0) is 4.79 Å². The van der Waals surface area contributed by atoms with Crippen LogP contribution in [0.2, 0.25) is 10.0 Å². The number of benzene rings is 1. The number of hydrogen-bond acceptors (Lipinski definition) is 3. The summed E-state index contributed by atoms with van der Waals surface area (Å²) in [7, 11) is 0. The summed E-state index contributed by atoms with van der Waals surface area (Å²) < 4.78 is 0. The van der Waals surface area contributed by atoms with E-state index in [1.807, 2.05) is 4.90 Å². The Morgan fingerprint density at radius 1 is 0.963 bits per heavy atom. The first-order valence-electron chi connectivity index (χ1n) is 9.78. The Hall–Kier alpha value is -1.30. The van der Waals surface area contributed by atoms with Gasteiger partial charge in [0.15, 0.2) is 0 Å². The monoisotopic (exact) mass is 411 g/mol. The Bertz CT molecular complexity index is 668. The second kappa shape index (κ2) is 9.26. The lowest BCUT2D eigenvalue weighted by atomic mass is 10.00. The van der Waals surface area contributed by atoms with E-state index in [1.54, 1.807) is 23.1 Å². The summed E-state index contributed by atoms with van der Waals surface area (Å²) in [6.07, 6.45) is 4.30. The second-order valence-electron chi connectivity index (χ2n) is 7.32. The van der Waals surface area contributed by atoms with Gasteiger partial charge in [0, 0.05) is 41.8 Å². The molecule has 2 heterocycles. The fraction of sp³-hybridized carbons (Fsp3) is 0.600. The lowest BCUT2D eigenvalue weighted by molar-refractivity contribution is -0.139. The van der Waals surface area contributed by atoms with E-state index in [4.69, 9.17) is 23.2 Å². The van der Waals surface area contributed by atoms with Gasteiger partial charge in [-0.25, -0.2) is 0 Å². The summed E-state index contributed by atoms with van der Waals surface area (Å²) in [4.78, 5) is 31.8. The molecule has 0 bridgehead atoms. The number of piperidine rings is 1. The summed E-state index contributed by atoms with van der Waals surface area (Å²) in [6.45, 7) is 6.38. The third-order valence-electron chi connectivity index (χ3n) is 5.40. The first-order chi connectivity index (χ1) is 13.0. The van der Waals surface area contributed by atoms with Gasteiger partial charge in [0.2, 0.25) is 5.91 Å². The van der Waals surface area contributed by atoms with Crippen molar-refractivity contribution in [3.8, 4) is 0 Å². The quantitative estimate of drug-likeness (QED) is 0.760. The highest BCUT2D eigenvalue weighted by Gasteiger charge is 2.33. The lowest BCUT2D eigenvalue weighted by Gasteiger charge is -2.40. The molecule has 27 heavy (non-hydrogen) atoms. The van der Waals surface area contributed by atoms with Crippen LogP contribution in [0.15, 0.2) is 18.2 Å². The minimum Gasteiger partial charge on any atom is -0.338 e. The van der Waals surface area contributed by atoms with Gasteiger partial charge in [-0.3, -0.25) is 14.5 Å². The highest BCUT2D eigenvalue weighted by molar-refractivity contribution is 6.35. The molecule has 1 unspecified atom stereocenters. The molecule has 2 saturated heterocycles. The largest absolute Gasteiger partial charge is 0.338 e. The van der Waals surface area contributed by atoms with Crippen molar-refractivity contribution in [2.24, 2.45) is 0 Å². The standard InChI is InChI=1S/C20H27Cl2N3O2/c1-2-6-23-7-4-3-5-18(23)20(27)25-10-8-24(9-11-25)19(26)15-12-16(21)14-17(22)13-15/h12-14,18H,2-11H2,1H3. The van der Waals surface area contributed by atoms with Crippen LogP contribution in [0.4, 0.5) is 0 Å². The van der Waals surface area contributed by atoms with Gasteiger partial charge < -0.3 is 9.80 Å². The molecule has 1 aromatic rings. The number of halogens is 2. The van der Waals surface area contributed by atoms with Gasteiger partial charge in [-0.1, -0.05) is 36.5 Å². The minimum atomic E-state index is -0.0863. The molecule has 0 saturated carbocycles. The summed E-state index contributed by atoms with van der Waals surface area (Å²) in [5, 5.41) is 0.904. The maximum atomic E-state index is 13.0. The van der Waals surface area contributed by atoms with Crippen LogP contribution in [0, 0.1) is 0 Å². The number of amides is 2. The average molecular weight is 412 g/mol. The number of rotatable bonds is 4. The van der Waals surface area contributed by atoms with Crippen LogP contribution in [0.25, 0.3) is 0 Å². The average Bonchev–Trinajstić information content (AvgIpc) is 2.67. The zero-order chi connectivity index (χ0) is 19.4. The summed E-state index contributed by atoms with van der Waals surface area (Å²) in [5.74, 6) is 0.137. The molecule has 0 spiro atoms. The number of likely N-dealkylation sites (tertiary alicyclic amines) is 1. The van der Waals surface area contributed by atoms with Crippen molar-refractivity contribution in [2.45, 2.75) is 38.6 Å². The number of carbonyl (C=O) groups is 2. The first-order valence-corrected chi connectivity index (χ1v) is 10.5. The van der Waals surface area contributed by atoms with Crippen molar-refractivity contribution in [3.63, 3.8) is 0 Å². The van der Waals surface area contributed by atoms with E-state index >= 15 is 0 Å². The van der Waals surface area contributed by atoms with Crippen LogP contribution in [0.3, 0.4) is 0 Å². The van der Waals surface area contributed by atoms with E-state index in [0.29, 0.717) is 41.8 Å². The topological polar surface area (TPSA) is 43.9 Å². The normalized spacial score (nSPS) is 21.4. The van der Waals surface area contributed by atoms with Gasteiger partial charge in [0.1, 0.15) is 0 Å². The van der Waals surface area contributed by atoms with Crippen LogP contribution < -0.4 is 0 Å². The highest BCUT2D eigenvalue weighted by atomic mass is 35.5. The molecule has 0 N–H and O–H groups in total. The van der Waals surface area contributed by atoms with E-state index in [0.717, 1.165) is 32.4 Å². The molecule has 148 valence electrons. The van der Waals surface area contributed by atoms with E-state index in [9.17, 15) is 9.59 Å². The molecule has 2 aliphatic rings. The van der Waals surface area contributed by atoms with Gasteiger partial charge >= 0.3 is 0 Å². The smallest absolute Gasteiger partial charge is 0.254 e. The van der Waals surface area contributed by atoms with E-state index < -0.39 is 0 Å². The lowest BCUT2D eigenvalue weighted by Crippen LogP contribution is -2.56. The third kappa shape index (κ3) is 4.95. The fourth-order valence-corrected chi connectivity index (χ4v) is 4.55. The van der Waals surface area contributed by atoms with Crippen molar-refractivity contribution < 1.29 is 9.59 Å². The predicted molar refractivity (Wildman–Crippen MR) is 108 cm³/mol. The summed E-state index contributed by atoms with van der Waals surface area (Å²) in [5.41, 5.74) is 0.494. The minimum absolute atomic E-state index is 0.00712. The van der Waals surface area contributed by atoms with Gasteiger partial charge in [0.05, 0.1) is 6.04 Å². The Labute approximate surface area is 171 Å². The molecule has 2 fully saturated rings. The number of hydrogen-bond donors (Lipinski definition) is 0. The van der Waals surface area contributed by atoms with Crippen molar-refractivity contribution in [3.05, 3.63) is 33.8 Å². The van der Waals surface area contributed by atoms with E-state index in [-0.39, 0.29) is 17.9 Å². The predicted octanol–water partition coefficient (Wildman–Crippen LogP) is 3.54. The number of nitrogens with zero attached hydrogens (tertiary/aromatic N) is 3. The fourth-order valence-electron chi connectivity index (χ4n) is 4.03. The molecule has 2 amide bonds. The maximum absolute atomic E-state index is 13.0. The molecule has 3 rings (SSSR count). The zero-order valence-electron chi connectivity index (χ0n) is 15.8. The molecule has 2 aliphatic heterocycles. The SMILES string of the molecule is CCCN1CCCCC1C(=O)N1CCN(C(=O)c2cc(Cl)cc(Cl)c2)CC1. The Kier molecular flexibility index (Phi) is 7.01. The summed E-state index contributed by atoms with van der Waals surface area (Å²) >= 11 is 12.0. The summed E-state index contributed by atoms with van der Waals surface area (Å²) in [6, 6.07) is 4.89. The van der Waals surface area contributed by atoms with Crippen molar-refractivity contribution in [1.29, 1.82) is 0 Å². The Balaban J connectivity index is 1.59. The Morgan fingerprint density at radius 3 is 2.22 bits per heavy atom. The molecule has 0 radical (unpaired) electrons. The van der Waals surface area contributed by atoms with Crippen molar-refractivity contribution in [1.82, 2.24) is 14.7 Å². The van der Waals surface area contributed by atoms with E-state index in [1.165, 1.54) is 6.42 Å². The van der Waals surface area contributed by atoms with Crippen molar-refractivity contribution in [2.75, 3.05) is 39.3 Å². The van der Waals surface area contributed by atoms with Gasteiger partial charge in [-0.05, 0) is 50.6 Å². The molecule has 5 nitrogen and oxygen atoms in total. The van der Waals surface area contributed by atoms with E-state index in [2.05, 4.69) is 11.8 Å². The zero-order valence-corrected chi connectivity index (χ0v) is 17.3. The number of piperazine rings is 1. The van der Waals surface area contributed by atoms with Crippen LogP contribution in [0.1, 0.15) is 43.0 Å². The molecule has 7 heteroatoms. The molecule has 1 aromatic carbocycles.